The number of aliphatic imine (C=N–C) groups is 1. The van der Waals surface area contributed by atoms with Gasteiger partial charge < -0.3 is 0 Å². The molecule has 160 valence electrons. The second kappa shape index (κ2) is 7.83. The van der Waals surface area contributed by atoms with Crippen LogP contribution in [-0.2, 0) is 6.42 Å². The summed E-state index contributed by atoms with van der Waals surface area (Å²) in [7, 11) is 0. The number of nitrogens with zero attached hydrogens (tertiary/aromatic N) is 5. The third-order valence-corrected chi connectivity index (χ3v) is 6.29. The van der Waals surface area contributed by atoms with Crippen molar-refractivity contribution in [2.75, 3.05) is 0 Å². The van der Waals surface area contributed by atoms with Crippen LogP contribution in [0.2, 0.25) is 0 Å². The van der Waals surface area contributed by atoms with Crippen molar-refractivity contribution in [3.63, 3.8) is 0 Å². The second-order valence-electron chi connectivity index (χ2n) is 8.92. The number of aryl methyl sites for hydroxylation is 2. The molecule has 5 rings (SSSR count). The van der Waals surface area contributed by atoms with Gasteiger partial charge in [0.05, 0.1) is 10.6 Å². The highest BCUT2D eigenvalue weighted by atomic mass is 15.7. The zero-order chi connectivity index (χ0) is 22.3. The Kier molecular flexibility index (Phi) is 4.97. The lowest BCUT2D eigenvalue weighted by molar-refractivity contribution is -0.735. The van der Waals surface area contributed by atoms with Crippen molar-refractivity contribution in [3.05, 3.63) is 101 Å². The highest BCUT2D eigenvalue weighted by Crippen LogP contribution is 2.31. The zero-order valence-electron chi connectivity index (χ0n) is 19.1. The van der Waals surface area contributed by atoms with Gasteiger partial charge in [0.25, 0.3) is 0 Å². The Morgan fingerprint density at radius 2 is 1.56 bits per heavy atom. The average Bonchev–Trinajstić information content (AvgIpc) is 3.25. The van der Waals surface area contributed by atoms with Crippen molar-refractivity contribution in [3.8, 4) is 11.4 Å². The van der Waals surface area contributed by atoms with Crippen LogP contribution >= 0.6 is 0 Å². The van der Waals surface area contributed by atoms with Crippen molar-refractivity contribution in [1.29, 1.82) is 0 Å². The largest absolute Gasteiger partial charge is 0.358 e. The smallest absolute Gasteiger partial charge is 0.272 e. The molecule has 1 aromatic heterocycles. The Labute approximate surface area is 189 Å². The fraction of sp³-hybridized carbons (Fsp3) is 0.259. The molecule has 5 nitrogen and oxygen atoms in total. The van der Waals surface area contributed by atoms with Crippen LogP contribution in [0.1, 0.15) is 48.3 Å². The van der Waals surface area contributed by atoms with Crippen LogP contribution < -0.4 is 4.80 Å². The Bertz CT molecular complexity index is 1240. The van der Waals surface area contributed by atoms with Gasteiger partial charge in [-0.1, -0.05) is 66.6 Å². The van der Waals surface area contributed by atoms with Crippen LogP contribution in [0.15, 0.2) is 77.8 Å². The van der Waals surface area contributed by atoms with Crippen molar-refractivity contribution >= 4 is 5.71 Å². The first kappa shape index (κ1) is 20.3. The molecule has 1 aliphatic heterocycles. The van der Waals surface area contributed by atoms with E-state index in [0.29, 0.717) is 5.82 Å². The van der Waals surface area contributed by atoms with E-state index in [1.54, 1.807) is 0 Å². The number of hydrogen-bond acceptors (Lipinski definition) is 3. The van der Waals surface area contributed by atoms with E-state index in [1.165, 1.54) is 16.7 Å². The molecule has 5 heteroatoms. The van der Waals surface area contributed by atoms with Crippen molar-refractivity contribution in [2.24, 2.45) is 4.99 Å². The highest BCUT2D eigenvalue weighted by Gasteiger charge is 2.35. The quantitative estimate of drug-likeness (QED) is 0.447. The first-order valence-corrected chi connectivity index (χ1v) is 11.2. The lowest BCUT2D eigenvalue weighted by Gasteiger charge is -2.29. The number of fused-ring (bicyclic) bond motifs is 1. The lowest BCUT2D eigenvalue weighted by Crippen LogP contribution is -2.43. The summed E-state index contributed by atoms with van der Waals surface area (Å²) in [5, 5.41) is 9.94. The molecule has 2 heterocycles. The van der Waals surface area contributed by atoms with Gasteiger partial charge in [-0.05, 0) is 73.3 Å². The topological polar surface area (TPSA) is 47.0 Å². The first-order valence-electron chi connectivity index (χ1n) is 11.2. The van der Waals surface area contributed by atoms with Gasteiger partial charge in [-0.15, -0.1) is 0 Å². The van der Waals surface area contributed by atoms with Crippen LogP contribution in [0.3, 0.4) is 0 Å². The maximum absolute atomic E-state index is 5.18. The Morgan fingerprint density at radius 1 is 0.906 bits per heavy atom. The summed E-state index contributed by atoms with van der Waals surface area (Å²) < 4.78 is 0. The Morgan fingerprint density at radius 3 is 2.25 bits per heavy atom. The van der Waals surface area contributed by atoms with E-state index in [4.69, 9.17) is 15.2 Å². The number of benzene rings is 3. The number of rotatable bonds is 4. The minimum atomic E-state index is -0.159. The van der Waals surface area contributed by atoms with Crippen molar-refractivity contribution < 1.29 is 4.80 Å². The molecule has 4 aromatic rings. The van der Waals surface area contributed by atoms with Crippen LogP contribution in [0, 0.1) is 13.8 Å². The molecule has 3 aromatic carbocycles. The molecule has 0 saturated carbocycles. The van der Waals surface area contributed by atoms with E-state index in [0.717, 1.165) is 35.5 Å². The van der Waals surface area contributed by atoms with Crippen molar-refractivity contribution in [1.82, 2.24) is 15.0 Å². The number of aromatic nitrogens is 4. The van der Waals surface area contributed by atoms with Crippen LogP contribution in [0.4, 0.5) is 0 Å². The average molecular weight is 423 g/mol. The summed E-state index contributed by atoms with van der Waals surface area (Å²) in [4.78, 5) is 8.91. The van der Waals surface area contributed by atoms with Gasteiger partial charge in [0.2, 0.25) is 0 Å². The third-order valence-electron chi connectivity index (χ3n) is 6.29. The molecular weight excluding hydrogens is 394 g/mol. The van der Waals surface area contributed by atoms with Gasteiger partial charge in [-0.2, -0.15) is 0 Å². The highest BCUT2D eigenvalue weighted by molar-refractivity contribution is 6.12. The normalized spacial score (nSPS) is 17.7. The molecule has 0 unspecified atom stereocenters. The van der Waals surface area contributed by atoms with Gasteiger partial charge in [0, 0.05) is 10.4 Å². The van der Waals surface area contributed by atoms with Crippen molar-refractivity contribution in [2.45, 2.75) is 46.1 Å². The second-order valence-corrected chi connectivity index (χ2v) is 8.92. The molecule has 32 heavy (non-hydrogen) atoms. The van der Waals surface area contributed by atoms with E-state index in [9.17, 15) is 0 Å². The van der Waals surface area contributed by atoms with Gasteiger partial charge in [0.15, 0.2) is 5.69 Å². The molecule has 1 atom stereocenters. The predicted octanol–water partition coefficient (Wildman–Crippen LogP) is 4.72. The fourth-order valence-electron chi connectivity index (χ4n) is 4.13. The van der Waals surface area contributed by atoms with E-state index in [-0.39, 0.29) is 5.54 Å². The fourth-order valence-corrected chi connectivity index (χ4v) is 4.13. The van der Waals surface area contributed by atoms with Crippen LogP contribution in [0.25, 0.3) is 11.4 Å². The van der Waals surface area contributed by atoms with E-state index in [2.05, 4.69) is 100 Å². The molecule has 1 aliphatic rings. The Balaban J connectivity index is 1.72. The molecule has 0 fully saturated rings. The SMILES string of the molecule is CC[C@@]1(C)Cc2ccccc2C(c2nn(-c3ccc(C)cc3)[n+](-c3ccc(C)cc3)n2)=N1. The monoisotopic (exact) mass is 422 g/mol. The van der Waals surface area contributed by atoms with Gasteiger partial charge in [0.1, 0.15) is 11.4 Å². The van der Waals surface area contributed by atoms with Gasteiger partial charge >= 0.3 is 5.82 Å². The summed E-state index contributed by atoms with van der Waals surface area (Å²) in [5.41, 5.74) is 7.46. The van der Waals surface area contributed by atoms with Gasteiger partial charge in [-0.3, -0.25) is 4.99 Å². The summed E-state index contributed by atoms with van der Waals surface area (Å²) in [6, 6.07) is 25.2. The van der Waals surface area contributed by atoms with Crippen LogP contribution in [-0.4, -0.2) is 26.2 Å². The number of tetrazole rings is 1. The minimum Gasteiger partial charge on any atom is -0.272 e. The molecular formula is C27H28N5+. The summed E-state index contributed by atoms with van der Waals surface area (Å²) >= 11 is 0. The maximum atomic E-state index is 5.18. The molecule has 0 saturated heterocycles. The summed E-state index contributed by atoms with van der Waals surface area (Å²) in [5.74, 6) is 0.637. The maximum Gasteiger partial charge on any atom is 0.358 e. The summed E-state index contributed by atoms with van der Waals surface area (Å²) in [6.07, 6.45) is 1.89. The lowest BCUT2D eigenvalue weighted by atomic mass is 9.84. The first-order chi connectivity index (χ1) is 15.5. The predicted molar refractivity (Wildman–Crippen MR) is 127 cm³/mol. The molecule has 0 radical (unpaired) electrons. The minimum absolute atomic E-state index is 0.159. The standard InChI is InChI=1S/C27H28N5/c1-5-27(4)18-21-8-6-7-9-24(21)25(28-27)26-29-31(22-14-10-19(2)11-15-22)32(30-26)23-16-12-20(3)13-17-23/h6-17H,5,18H2,1-4H3/q+1/t27-/m0/s1. The van der Waals surface area contributed by atoms with E-state index < -0.39 is 0 Å². The third kappa shape index (κ3) is 3.64. The molecule has 0 N–H and O–H groups in total. The number of hydrogen-bond donors (Lipinski definition) is 0. The van der Waals surface area contributed by atoms with E-state index in [1.807, 2.05) is 9.59 Å². The van der Waals surface area contributed by atoms with E-state index >= 15 is 0 Å². The van der Waals surface area contributed by atoms with Gasteiger partial charge in [-0.25, -0.2) is 0 Å². The summed E-state index contributed by atoms with van der Waals surface area (Å²) in [6.45, 7) is 8.58. The molecule has 0 aliphatic carbocycles. The Hall–Kier alpha value is -3.60. The van der Waals surface area contributed by atoms with Crippen LogP contribution in [0.5, 0.6) is 0 Å². The zero-order valence-corrected chi connectivity index (χ0v) is 19.1. The molecule has 0 amide bonds. The molecule has 0 bridgehead atoms. The molecule has 0 spiro atoms.